The standard InChI is InChI=1S/C31H32F2N6O3S/c32-25-4-2-1-3-20(25)17-43(40,41)38-27-12-7-19(13-26(27)33)29-28-30(39(37-29)23-10-11-23)24(14-35-31(28)34)18-5-8-21(9-6-18)36-22-15-42-16-22/h1-5,7,12-14,21-23,36,38H,6,8-11,15-17H2,(H2,34,35)/t21-/m0/s1. The van der Waals surface area contributed by atoms with E-state index >= 15 is 4.39 Å². The first-order valence-corrected chi connectivity index (χ1v) is 16.1. The fourth-order valence-electron chi connectivity index (χ4n) is 5.88. The van der Waals surface area contributed by atoms with Gasteiger partial charge in [-0.05, 0) is 55.9 Å². The molecule has 2 fully saturated rings. The second-order valence-corrected chi connectivity index (χ2v) is 13.3. The lowest BCUT2D eigenvalue weighted by Gasteiger charge is -2.33. The summed E-state index contributed by atoms with van der Waals surface area (Å²) in [5, 5.41) is 9.23. The molecule has 0 spiro atoms. The summed E-state index contributed by atoms with van der Waals surface area (Å²) in [5.41, 5.74) is 10.2. The van der Waals surface area contributed by atoms with Crippen molar-refractivity contribution in [2.24, 2.45) is 0 Å². The maximum atomic E-state index is 15.4. The van der Waals surface area contributed by atoms with E-state index in [0.717, 1.165) is 56.4 Å². The predicted octanol–water partition coefficient (Wildman–Crippen LogP) is 5.16. The van der Waals surface area contributed by atoms with Gasteiger partial charge in [-0.2, -0.15) is 5.10 Å². The van der Waals surface area contributed by atoms with Crippen LogP contribution in [0.4, 0.5) is 20.3 Å². The molecule has 4 aromatic rings. The van der Waals surface area contributed by atoms with E-state index in [0.29, 0.717) is 34.5 Å². The first-order valence-electron chi connectivity index (χ1n) is 14.5. The molecular weight excluding hydrogens is 574 g/mol. The van der Waals surface area contributed by atoms with E-state index in [1.54, 1.807) is 12.1 Å². The highest BCUT2D eigenvalue weighted by Crippen LogP contribution is 2.44. The summed E-state index contributed by atoms with van der Waals surface area (Å²) in [6.45, 7) is 1.53. The van der Waals surface area contributed by atoms with Crippen LogP contribution in [0.1, 0.15) is 49.3 Å². The molecule has 0 amide bonds. The molecule has 2 aromatic carbocycles. The number of sulfonamides is 1. The number of nitrogen functional groups attached to an aromatic ring is 1. The summed E-state index contributed by atoms with van der Waals surface area (Å²) in [6, 6.07) is 10.8. The average molecular weight is 607 g/mol. The van der Waals surface area contributed by atoms with Crippen LogP contribution in [-0.2, 0) is 20.5 Å². The van der Waals surface area contributed by atoms with Gasteiger partial charge in [0.15, 0.2) is 0 Å². The zero-order valence-electron chi connectivity index (χ0n) is 23.4. The van der Waals surface area contributed by atoms with Crippen LogP contribution >= 0.6 is 0 Å². The largest absolute Gasteiger partial charge is 0.383 e. The smallest absolute Gasteiger partial charge is 0.237 e. The highest BCUT2D eigenvalue weighted by atomic mass is 32.2. The normalized spacial score (nSPS) is 19.3. The molecule has 4 N–H and O–H groups in total. The number of nitrogens with zero attached hydrogens (tertiary/aromatic N) is 3. The van der Waals surface area contributed by atoms with Gasteiger partial charge in [0.25, 0.3) is 0 Å². The van der Waals surface area contributed by atoms with Crippen molar-refractivity contribution in [1.82, 2.24) is 20.1 Å². The summed E-state index contributed by atoms with van der Waals surface area (Å²) < 4.78 is 64.4. The van der Waals surface area contributed by atoms with Crippen molar-refractivity contribution in [1.29, 1.82) is 0 Å². The first kappa shape index (κ1) is 27.9. The maximum Gasteiger partial charge on any atom is 0.237 e. The third kappa shape index (κ3) is 5.62. The van der Waals surface area contributed by atoms with Crippen LogP contribution in [0.3, 0.4) is 0 Å². The molecule has 12 heteroatoms. The molecule has 1 atom stereocenters. The lowest BCUT2D eigenvalue weighted by molar-refractivity contribution is -0.0103. The van der Waals surface area contributed by atoms with E-state index in [4.69, 9.17) is 15.6 Å². The second-order valence-electron chi connectivity index (χ2n) is 11.6. The third-order valence-corrected chi connectivity index (χ3v) is 9.55. The molecule has 0 radical (unpaired) electrons. The molecule has 2 aliphatic carbocycles. The lowest BCUT2D eigenvalue weighted by Crippen LogP contribution is -2.50. The summed E-state index contributed by atoms with van der Waals surface area (Å²) in [4.78, 5) is 4.52. The van der Waals surface area contributed by atoms with Gasteiger partial charge < -0.3 is 15.8 Å². The number of allylic oxidation sites excluding steroid dienone is 1. The molecule has 7 rings (SSSR count). The highest BCUT2D eigenvalue weighted by molar-refractivity contribution is 7.91. The topological polar surface area (TPSA) is 124 Å². The number of nitrogens with one attached hydrogen (secondary N) is 2. The van der Waals surface area contributed by atoms with Crippen molar-refractivity contribution < 1.29 is 21.9 Å². The van der Waals surface area contributed by atoms with Crippen LogP contribution in [0.15, 0.2) is 54.7 Å². The molecule has 2 aromatic heterocycles. The van der Waals surface area contributed by atoms with Gasteiger partial charge >= 0.3 is 0 Å². The van der Waals surface area contributed by atoms with Gasteiger partial charge in [0.05, 0.1) is 47.6 Å². The van der Waals surface area contributed by atoms with Crippen LogP contribution in [0, 0.1) is 11.6 Å². The minimum atomic E-state index is -4.07. The Morgan fingerprint density at radius 1 is 1.05 bits per heavy atom. The molecular formula is C31H32F2N6O3S. The summed E-state index contributed by atoms with van der Waals surface area (Å²) in [5.74, 6) is -1.74. The molecule has 0 unspecified atom stereocenters. The van der Waals surface area contributed by atoms with Crippen molar-refractivity contribution in [2.75, 3.05) is 23.7 Å². The zero-order chi connectivity index (χ0) is 29.7. The molecule has 1 saturated carbocycles. The van der Waals surface area contributed by atoms with Gasteiger partial charge in [-0.1, -0.05) is 30.3 Å². The van der Waals surface area contributed by atoms with E-state index in [1.165, 1.54) is 35.9 Å². The summed E-state index contributed by atoms with van der Waals surface area (Å²) >= 11 is 0. The number of nitrogens with two attached hydrogens (primary N) is 1. The number of halogens is 2. The summed E-state index contributed by atoms with van der Waals surface area (Å²) in [6.07, 6.45) is 8.84. The minimum absolute atomic E-state index is 0.00396. The summed E-state index contributed by atoms with van der Waals surface area (Å²) in [7, 11) is -4.07. The third-order valence-electron chi connectivity index (χ3n) is 8.32. The number of hydrogen-bond donors (Lipinski definition) is 3. The van der Waals surface area contributed by atoms with Gasteiger partial charge in [0, 0.05) is 28.9 Å². The van der Waals surface area contributed by atoms with Gasteiger partial charge in [0.2, 0.25) is 10.0 Å². The highest BCUT2D eigenvalue weighted by Gasteiger charge is 2.32. The molecule has 3 heterocycles. The van der Waals surface area contributed by atoms with Gasteiger partial charge in [-0.15, -0.1) is 0 Å². The van der Waals surface area contributed by atoms with E-state index in [9.17, 15) is 12.8 Å². The molecule has 1 aliphatic heterocycles. The van der Waals surface area contributed by atoms with Gasteiger partial charge in [-0.3, -0.25) is 9.40 Å². The van der Waals surface area contributed by atoms with Crippen LogP contribution in [0.5, 0.6) is 0 Å². The molecule has 3 aliphatic rings. The maximum absolute atomic E-state index is 15.4. The van der Waals surface area contributed by atoms with Crippen molar-refractivity contribution in [3.8, 4) is 11.3 Å². The molecule has 43 heavy (non-hydrogen) atoms. The second kappa shape index (κ2) is 11.0. The van der Waals surface area contributed by atoms with Gasteiger partial charge in [-0.25, -0.2) is 22.2 Å². The fraction of sp³-hybridized carbons (Fsp3) is 0.355. The number of rotatable bonds is 9. The van der Waals surface area contributed by atoms with Crippen molar-refractivity contribution in [3.05, 3.63) is 77.5 Å². The van der Waals surface area contributed by atoms with Gasteiger partial charge in [0.1, 0.15) is 23.1 Å². The number of fused-ring (bicyclic) bond motifs is 1. The van der Waals surface area contributed by atoms with E-state index < -0.39 is 27.4 Å². The Kier molecular flexibility index (Phi) is 7.15. The Morgan fingerprint density at radius 3 is 2.53 bits per heavy atom. The lowest BCUT2D eigenvalue weighted by atomic mass is 9.89. The van der Waals surface area contributed by atoms with E-state index in [1.807, 2.05) is 10.9 Å². The van der Waals surface area contributed by atoms with E-state index in [-0.39, 0.29) is 17.3 Å². The molecule has 224 valence electrons. The first-order chi connectivity index (χ1) is 20.8. The average Bonchev–Trinajstić information content (AvgIpc) is 3.73. The Balaban J connectivity index is 1.20. The number of aromatic nitrogens is 3. The Bertz CT molecular complexity index is 1850. The molecule has 0 bridgehead atoms. The number of hydrogen-bond acceptors (Lipinski definition) is 7. The van der Waals surface area contributed by atoms with Crippen LogP contribution in [-0.4, -0.2) is 48.5 Å². The number of anilines is 2. The fourth-order valence-corrected chi connectivity index (χ4v) is 7.10. The van der Waals surface area contributed by atoms with Crippen molar-refractivity contribution >= 4 is 38.0 Å². The Morgan fingerprint density at radius 2 is 1.86 bits per heavy atom. The monoisotopic (exact) mass is 606 g/mol. The van der Waals surface area contributed by atoms with Crippen LogP contribution in [0.25, 0.3) is 27.7 Å². The number of ether oxygens (including phenoxy) is 1. The van der Waals surface area contributed by atoms with Crippen LogP contribution < -0.4 is 15.8 Å². The SMILES string of the molecule is Nc1ncc(C2=CC[C@H](NC3COC3)CC2)c2c1c(-c1ccc(NS(=O)(=O)Cc3ccccc3F)c(F)c1)nn2C1CC1. The Labute approximate surface area is 248 Å². The zero-order valence-corrected chi connectivity index (χ0v) is 24.2. The Hall–Kier alpha value is -3.87. The van der Waals surface area contributed by atoms with E-state index in [2.05, 4.69) is 21.1 Å². The number of benzene rings is 2. The quantitative estimate of drug-likeness (QED) is 0.241. The molecule has 1 saturated heterocycles. The predicted molar refractivity (Wildman–Crippen MR) is 162 cm³/mol. The number of pyridine rings is 1. The molecule has 9 nitrogen and oxygen atoms in total. The van der Waals surface area contributed by atoms with Crippen LogP contribution in [0.2, 0.25) is 0 Å². The van der Waals surface area contributed by atoms with Crippen molar-refractivity contribution in [2.45, 2.75) is 56.0 Å². The minimum Gasteiger partial charge on any atom is -0.383 e. The van der Waals surface area contributed by atoms with Crippen molar-refractivity contribution in [3.63, 3.8) is 0 Å².